The molecule has 1 fully saturated rings. The molecule has 1 aliphatic rings. The largest absolute Gasteiger partial charge is 0.293 e. The first-order valence-electron chi connectivity index (χ1n) is 4.80. The first-order valence-corrected chi connectivity index (χ1v) is 4.80. The van der Waals surface area contributed by atoms with Crippen LogP contribution in [0.15, 0.2) is 30.3 Å². The Labute approximate surface area is 82.3 Å². The summed E-state index contributed by atoms with van der Waals surface area (Å²) in [6, 6.07) is 9.74. The van der Waals surface area contributed by atoms with Gasteiger partial charge in [0.25, 0.3) is 5.92 Å². The van der Waals surface area contributed by atoms with Crippen LogP contribution in [0.4, 0.5) is 8.78 Å². The van der Waals surface area contributed by atoms with Crippen molar-refractivity contribution in [3.8, 4) is 0 Å². The van der Waals surface area contributed by atoms with Crippen molar-refractivity contribution in [2.24, 2.45) is 0 Å². The minimum absolute atomic E-state index is 0.000165. The third-order valence-corrected chi connectivity index (χ3v) is 2.50. The van der Waals surface area contributed by atoms with E-state index in [1.165, 1.54) is 0 Å². The number of alkyl halides is 2. The summed E-state index contributed by atoms with van der Waals surface area (Å²) in [6.45, 7) is 1.04. The van der Waals surface area contributed by atoms with Crippen LogP contribution in [-0.2, 0) is 6.54 Å². The lowest BCUT2D eigenvalue weighted by molar-refractivity contribution is 0.0115. The number of halogens is 2. The molecular formula is C11H13F2N. The second-order valence-electron chi connectivity index (χ2n) is 3.80. The van der Waals surface area contributed by atoms with E-state index < -0.39 is 5.92 Å². The molecule has 1 heterocycles. The predicted octanol–water partition coefficient (Wildman–Crippen LogP) is 2.53. The lowest BCUT2D eigenvalue weighted by Gasteiger charge is -2.15. The second-order valence-corrected chi connectivity index (χ2v) is 3.80. The summed E-state index contributed by atoms with van der Waals surface area (Å²) in [6.07, 6.45) is -0.000165. The molecular weight excluding hydrogens is 184 g/mol. The van der Waals surface area contributed by atoms with Crippen LogP contribution in [-0.4, -0.2) is 23.9 Å². The van der Waals surface area contributed by atoms with Gasteiger partial charge in [0.1, 0.15) is 0 Å². The lowest BCUT2D eigenvalue weighted by Crippen LogP contribution is -2.24. The minimum atomic E-state index is -2.48. The number of likely N-dealkylation sites (tertiary alicyclic amines) is 1. The summed E-state index contributed by atoms with van der Waals surface area (Å²) >= 11 is 0. The Hall–Kier alpha value is -0.960. The van der Waals surface area contributed by atoms with Crippen LogP contribution in [0.25, 0.3) is 0 Å². The van der Waals surface area contributed by atoms with Gasteiger partial charge in [0, 0.05) is 19.5 Å². The van der Waals surface area contributed by atoms with Crippen molar-refractivity contribution in [3.05, 3.63) is 35.9 Å². The molecule has 1 saturated heterocycles. The average molecular weight is 197 g/mol. The van der Waals surface area contributed by atoms with E-state index in [0.29, 0.717) is 13.1 Å². The molecule has 0 atom stereocenters. The summed E-state index contributed by atoms with van der Waals surface area (Å²) in [5, 5.41) is 0. The molecule has 0 radical (unpaired) electrons. The summed E-state index contributed by atoms with van der Waals surface area (Å²) in [5.74, 6) is -2.48. The first kappa shape index (κ1) is 9.59. The number of benzene rings is 1. The van der Waals surface area contributed by atoms with Gasteiger partial charge in [0.05, 0.1) is 6.54 Å². The Morgan fingerprint density at radius 1 is 1.21 bits per heavy atom. The van der Waals surface area contributed by atoms with Crippen molar-refractivity contribution < 1.29 is 8.78 Å². The normalized spacial score (nSPS) is 21.3. The van der Waals surface area contributed by atoms with E-state index >= 15 is 0 Å². The maximum absolute atomic E-state index is 12.9. The monoisotopic (exact) mass is 197 g/mol. The van der Waals surface area contributed by atoms with Gasteiger partial charge < -0.3 is 0 Å². The van der Waals surface area contributed by atoms with E-state index in [2.05, 4.69) is 0 Å². The highest BCUT2D eigenvalue weighted by Crippen LogP contribution is 2.27. The highest BCUT2D eigenvalue weighted by Gasteiger charge is 2.37. The molecule has 1 nitrogen and oxygen atoms in total. The van der Waals surface area contributed by atoms with Crippen LogP contribution in [0.3, 0.4) is 0 Å². The SMILES string of the molecule is FC1(F)CCN(Cc2ccccc2)C1. The molecule has 0 spiro atoms. The zero-order chi connectivity index (χ0) is 10.0. The van der Waals surface area contributed by atoms with Crippen LogP contribution in [0, 0.1) is 0 Å². The van der Waals surface area contributed by atoms with E-state index in [1.807, 2.05) is 30.3 Å². The van der Waals surface area contributed by atoms with Gasteiger partial charge in [0.2, 0.25) is 0 Å². The van der Waals surface area contributed by atoms with Crippen molar-refractivity contribution in [1.29, 1.82) is 0 Å². The second kappa shape index (κ2) is 3.65. The summed E-state index contributed by atoms with van der Waals surface area (Å²) in [4.78, 5) is 1.80. The fourth-order valence-corrected chi connectivity index (χ4v) is 1.78. The Bertz CT molecular complexity index is 297. The zero-order valence-corrected chi connectivity index (χ0v) is 7.92. The zero-order valence-electron chi connectivity index (χ0n) is 7.92. The Kier molecular flexibility index (Phi) is 2.50. The molecule has 0 amide bonds. The maximum Gasteiger partial charge on any atom is 0.261 e. The summed E-state index contributed by atoms with van der Waals surface area (Å²) in [5.41, 5.74) is 1.10. The summed E-state index contributed by atoms with van der Waals surface area (Å²) in [7, 11) is 0. The third kappa shape index (κ3) is 2.29. The fraction of sp³-hybridized carbons (Fsp3) is 0.455. The van der Waals surface area contributed by atoms with Crippen LogP contribution in [0.5, 0.6) is 0 Å². The van der Waals surface area contributed by atoms with Gasteiger partial charge in [0.15, 0.2) is 0 Å². The highest BCUT2D eigenvalue weighted by molar-refractivity contribution is 5.14. The number of hydrogen-bond acceptors (Lipinski definition) is 1. The van der Waals surface area contributed by atoms with Gasteiger partial charge in [-0.2, -0.15) is 0 Å². The van der Waals surface area contributed by atoms with Crippen molar-refractivity contribution in [3.63, 3.8) is 0 Å². The van der Waals surface area contributed by atoms with Crippen molar-refractivity contribution in [2.75, 3.05) is 13.1 Å². The molecule has 3 heteroatoms. The predicted molar refractivity (Wildman–Crippen MR) is 51.3 cm³/mol. The molecule has 1 aliphatic heterocycles. The Balaban J connectivity index is 1.94. The van der Waals surface area contributed by atoms with E-state index in [1.54, 1.807) is 4.90 Å². The Morgan fingerprint density at radius 2 is 1.93 bits per heavy atom. The molecule has 0 N–H and O–H groups in total. The standard InChI is InChI=1S/C11H13F2N/c12-11(13)6-7-14(9-11)8-10-4-2-1-3-5-10/h1-5H,6-9H2. The van der Waals surface area contributed by atoms with E-state index in [-0.39, 0.29) is 13.0 Å². The number of rotatable bonds is 2. The molecule has 76 valence electrons. The summed E-state index contributed by atoms with van der Waals surface area (Å²) < 4.78 is 25.7. The number of hydrogen-bond donors (Lipinski definition) is 0. The van der Waals surface area contributed by atoms with Crippen molar-refractivity contribution >= 4 is 0 Å². The van der Waals surface area contributed by atoms with Gasteiger partial charge in [-0.15, -0.1) is 0 Å². The fourth-order valence-electron chi connectivity index (χ4n) is 1.78. The van der Waals surface area contributed by atoms with Gasteiger partial charge in [-0.1, -0.05) is 30.3 Å². The molecule has 2 rings (SSSR count). The van der Waals surface area contributed by atoms with E-state index in [9.17, 15) is 8.78 Å². The smallest absolute Gasteiger partial charge is 0.261 e. The Morgan fingerprint density at radius 3 is 2.50 bits per heavy atom. The molecule has 0 unspecified atom stereocenters. The van der Waals surface area contributed by atoms with Crippen LogP contribution in [0.2, 0.25) is 0 Å². The molecule has 0 aromatic heterocycles. The first-order chi connectivity index (χ1) is 6.66. The molecule has 1 aromatic carbocycles. The number of nitrogens with zero attached hydrogens (tertiary/aromatic N) is 1. The van der Waals surface area contributed by atoms with E-state index in [4.69, 9.17) is 0 Å². The third-order valence-electron chi connectivity index (χ3n) is 2.50. The van der Waals surface area contributed by atoms with Gasteiger partial charge >= 0.3 is 0 Å². The molecule has 0 saturated carbocycles. The molecule has 14 heavy (non-hydrogen) atoms. The van der Waals surface area contributed by atoms with Crippen LogP contribution < -0.4 is 0 Å². The van der Waals surface area contributed by atoms with Crippen LogP contribution >= 0.6 is 0 Å². The highest BCUT2D eigenvalue weighted by atomic mass is 19.3. The van der Waals surface area contributed by atoms with Crippen molar-refractivity contribution in [1.82, 2.24) is 4.90 Å². The molecule has 1 aromatic rings. The average Bonchev–Trinajstić information content (AvgIpc) is 2.47. The van der Waals surface area contributed by atoms with Crippen LogP contribution in [0.1, 0.15) is 12.0 Å². The molecule has 0 aliphatic carbocycles. The quantitative estimate of drug-likeness (QED) is 0.704. The van der Waals surface area contributed by atoms with Gasteiger partial charge in [-0.05, 0) is 5.56 Å². The van der Waals surface area contributed by atoms with E-state index in [0.717, 1.165) is 5.56 Å². The topological polar surface area (TPSA) is 3.24 Å². The molecule has 0 bridgehead atoms. The van der Waals surface area contributed by atoms with Gasteiger partial charge in [-0.25, -0.2) is 8.78 Å². The minimum Gasteiger partial charge on any atom is -0.293 e. The maximum atomic E-state index is 12.9. The lowest BCUT2D eigenvalue weighted by atomic mass is 10.2. The van der Waals surface area contributed by atoms with Crippen molar-refractivity contribution in [2.45, 2.75) is 18.9 Å². The van der Waals surface area contributed by atoms with Gasteiger partial charge in [-0.3, -0.25) is 4.90 Å².